The van der Waals surface area contributed by atoms with Gasteiger partial charge in [-0.05, 0) is 49.4 Å². The summed E-state index contributed by atoms with van der Waals surface area (Å²) in [5, 5.41) is 0. The number of unbranched alkanes of at least 4 members (excludes halogenated alkanes) is 4. The lowest BCUT2D eigenvalue weighted by Gasteiger charge is -2.33. The molecule has 0 bridgehead atoms. The predicted molar refractivity (Wildman–Crippen MR) is 163 cm³/mol. The fraction of sp³-hybridized carbons (Fsp3) is 1.00. The lowest BCUT2D eigenvalue weighted by molar-refractivity contribution is -0.0612. The van der Waals surface area contributed by atoms with E-state index < -0.39 is 9.05 Å². The molecule has 0 saturated carbocycles. The number of rotatable bonds is 28. The van der Waals surface area contributed by atoms with Crippen LogP contribution in [-0.2, 0) is 17.7 Å². The maximum absolute atomic E-state index is 6.75. The number of hydrogen-bond donors (Lipinski definition) is 0. The van der Waals surface area contributed by atoms with Gasteiger partial charge in [-0.2, -0.15) is 0 Å². The van der Waals surface area contributed by atoms with Gasteiger partial charge >= 0.3 is 9.05 Å². The van der Waals surface area contributed by atoms with Crippen LogP contribution in [0.5, 0.6) is 0 Å². The molecule has 0 unspecified atom stereocenters. The van der Waals surface area contributed by atoms with Crippen molar-refractivity contribution in [3.63, 3.8) is 0 Å². The molecular formula is C32H68O4Si. The minimum atomic E-state index is -3.27. The van der Waals surface area contributed by atoms with Crippen LogP contribution in [0.15, 0.2) is 0 Å². The summed E-state index contributed by atoms with van der Waals surface area (Å²) < 4.78 is 27.0. The zero-order valence-corrected chi connectivity index (χ0v) is 27.6. The van der Waals surface area contributed by atoms with Crippen molar-refractivity contribution in [1.29, 1.82) is 0 Å². The van der Waals surface area contributed by atoms with Crippen molar-refractivity contribution in [3.05, 3.63) is 0 Å². The molecule has 0 aromatic rings. The van der Waals surface area contributed by atoms with Crippen LogP contribution in [0.3, 0.4) is 0 Å². The van der Waals surface area contributed by atoms with Gasteiger partial charge in [0.15, 0.2) is 0 Å². The molecule has 0 N–H and O–H groups in total. The van der Waals surface area contributed by atoms with Crippen LogP contribution in [0.1, 0.15) is 158 Å². The Hall–Kier alpha value is 0.0569. The van der Waals surface area contributed by atoms with Crippen molar-refractivity contribution in [3.8, 4) is 0 Å². The quantitative estimate of drug-likeness (QED) is 0.0918. The summed E-state index contributed by atoms with van der Waals surface area (Å²) in [5.41, 5.74) is 0. The second kappa shape index (κ2) is 25.1. The van der Waals surface area contributed by atoms with Gasteiger partial charge in [0.2, 0.25) is 0 Å². The molecule has 0 aromatic heterocycles. The van der Waals surface area contributed by atoms with Crippen LogP contribution in [0.2, 0.25) is 0 Å². The Labute approximate surface area is 234 Å². The molecule has 0 saturated heterocycles. The average Bonchev–Trinajstić information content (AvgIpc) is 2.93. The van der Waals surface area contributed by atoms with Gasteiger partial charge in [0.25, 0.3) is 0 Å². The molecule has 0 radical (unpaired) electrons. The summed E-state index contributed by atoms with van der Waals surface area (Å²) in [4.78, 5) is 0. The van der Waals surface area contributed by atoms with Crippen LogP contribution in [0, 0.1) is 23.7 Å². The van der Waals surface area contributed by atoms with E-state index in [4.69, 9.17) is 17.7 Å². The first-order valence-corrected chi connectivity index (χ1v) is 18.2. The van der Waals surface area contributed by atoms with E-state index in [9.17, 15) is 0 Å². The maximum Gasteiger partial charge on any atom is 0.679 e. The minimum absolute atomic E-state index is 0.536. The van der Waals surface area contributed by atoms with Gasteiger partial charge in [-0.1, -0.05) is 132 Å². The van der Waals surface area contributed by atoms with E-state index in [1.165, 1.54) is 77.0 Å². The van der Waals surface area contributed by atoms with Crippen molar-refractivity contribution in [2.45, 2.75) is 158 Å². The van der Waals surface area contributed by atoms with Crippen molar-refractivity contribution >= 4 is 9.05 Å². The molecule has 4 nitrogen and oxygen atoms in total. The maximum atomic E-state index is 6.75. The normalized spacial score (nSPS) is 15.6. The van der Waals surface area contributed by atoms with Gasteiger partial charge in [-0.25, -0.2) is 0 Å². The molecular weight excluding hydrogens is 476 g/mol. The fourth-order valence-electron chi connectivity index (χ4n) is 4.72. The third-order valence-corrected chi connectivity index (χ3v) is 10.2. The van der Waals surface area contributed by atoms with Gasteiger partial charge in [-0.3, -0.25) is 0 Å². The lowest BCUT2D eigenvalue weighted by Crippen LogP contribution is -2.52. The molecule has 0 aliphatic rings. The van der Waals surface area contributed by atoms with Crippen LogP contribution >= 0.6 is 0 Å². The first-order valence-electron chi connectivity index (χ1n) is 16.5. The summed E-state index contributed by atoms with van der Waals surface area (Å²) in [7, 11) is -3.27. The van der Waals surface area contributed by atoms with Crippen molar-refractivity contribution < 1.29 is 17.7 Å². The highest BCUT2D eigenvalue weighted by Gasteiger charge is 2.47. The molecule has 0 heterocycles. The molecule has 0 aromatic carbocycles. The van der Waals surface area contributed by atoms with E-state index in [-0.39, 0.29) is 0 Å². The third kappa shape index (κ3) is 18.1. The highest BCUT2D eigenvalue weighted by atomic mass is 28.4. The Morgan fingerprint density at radius 2 is 0.595 bits per heavy atom. The van der Waals surface area contributed by atoms with Gasteiger partial charge < -0.3 is 17.7 Å². The lowest BCUT2D eigenvalue weighted by atomic mass is 10.0. The summed E-state index contributed by atoms with van der Waals surface area (Å²) in [6, 6.07) is 0. The summed E-state index contributed by atoms with van der Waals surface area (Å²) in [6.45, 7) is 20.9. The molecule has 0 aliphatic heterocycles. The average molecular weight is 545 g/mol. The number of hydrogen-bond acceptors (Lipinski definition) is 4. The SMILES string of the molecule is CCCC[C@@H](CC)CO[Si](OC[C@H](CC)CCCC)(OC[C@@H](CC)CCCC)OC[C@@H](CC)CCCC. The third-order valence-electron chi connectivity index (χ3n) is 8.16. The molecule has 0 spiro atoms. The van der Waals surface area contributed by atoms with Crippen molar-refractivity contribution in [2.75, 3.05) is 26.4 Å². The molecule has 224 valence electrons. The van der Waals surface area contributed by atoms with Crippen LogP contribution < -0.4 is 0 Å². The summed E-state index contributed by atoms with van der Waals surface area (Å²) in [6.07, 6.45) is 19.2. The van der Waals surface area contributed by atoms with Crippen LogP contribution in [-0.4, -0.2) is 35.5 Å². The molecule has 0 amide bonds. The second-order valence-electron chi connectivity index (χ2n) is 11.4. The van der Waals surface area contributed by atoms with E-state index in [1.54, 1.807) is 0 Å². The Morgan fingerprint density at radius 3 is 0.757 bits per heavy atom. The zero-order chi connectivity index (χ0) is 27.8. The smallest absolute Gasteiger partial charge is 0.351 e. The molecule has 5 heteroatoms. The van der Waals surface area contributed by atoms with Crippen LogP contribution in [0.25, 0.3) is 0 Å². The van der Waals surface area contributed by atoms with Gasteiger partial charge in [-0.15, -0.1) is 0 Å². The minimum Gasteiger partial charge on any atom is -0.351 e. The van der Waals surface area contributed by atoms with E-state index in [0.29, 0.717) is 50.1 Å². The second-order valence-corrected chi connectivity index (χ2v) is 13.6. The Morgan fingerprint density at radius 1 is 0.378 bits per heavy atom. The monoisotopic (exact) mass is 544 g/mol. The van der Waals surface area contributed by atoms with Crippen molar-refractivity contribution in [2.24, 2.45) is 23.7 Å². The predicted octanol–water partition coefficient (Wildman–Crippen LogP) is 10.4. The fourth-order valence-corrected chi connectivity index (χ4v) is 6.98. The van der Waals surface area contributed by atoms with E-state index in [2.05, 4.69) is 55.4 Å². The molecule has 0 rings (SSSR count). The highest BCUT2D eigenvalue weighted by Crippen LogP contribution is 2.25. The van der Waals surface area contributed by atoms with Gasteiger partial charge in [0, 0.05) is 26.4 Å². The van der Waals surface area contributed by atoms with Crippen molar-refractivity contribution in [1.82, 2.24) is 0 Å². The summed E-state index contributed by atoms with van der Waals surface area (Å²) in [5.74, 6) is 2.14. The zero-order valence-electron chi connectivity index (χ0n) is 26.6. The first kappa shape index (κ1) is 37.1. The topological polar surface area (TPSA) is 36.9 Å². The first-order chi connectivity index (χ1) is 18.0. The standard InChI is InChI=1S/C32H68O4Si/c1-9-17-21-29(13-5)25-33-37(34-26-30(14-6)22-18-10-2,35-27-31(15-7)23-19-11-3)36-28-32(16-8)24-20-12-4/h29-32H,9-28H2,1-8H3/t29-,30-,31+,32+. The summed E-state index contributed by atoms with van der Waals surface area (Å²) >= 11 is 0. The Balaban J connectivity index is 5.79. The highest BCUT2D eigenvalue weighted by molar-refractivity contribution is 6.53. The Kier molecular flexibility index (Phi) is 25.1. The molecule has 4 atom stereocenters. The van der Waals surface area contributed by atoms with Crippen LogP contribution in [0.4, 0.5) is 0 Å². The van der Waals surface area contributed by atoms with Gasteiger partial charge in [0.05, 0.1) is 0 Å². The molecule has 0 aliphatic carbocycles. The largest absolute Gasteiger partial charge is 0.679 e. The Bertz CT molecular complexity index is 390. The molecule has 37 heavy (non-hydrogen) atoms. The molecule has 0 fully saturated rings. The van der Waals surface area contributed by atoms with E-state index in [0.717, 1.165) is 25.7 Å². The van der Waals surface area contributed by atoms with Gasteiger partial charge in [0.1, 0.15) is 0 Å². The van der Waals surface area contributed by atoms with E-state index >= 15 is 0 Å². The van der Waals surface area contributed by atoms with E-state index in [1.807, 2.05) is 0 Å².